The predicted octanol–water partition coefficient (Wildman–Crippen LogP) is 11.9. The van der Waals surface area contributed by atoms with E-state index >= 15 is 0 Å². The third-order valence-corrected chi connectivity index (χ3v) is 11.7. The molecule has 3 aliphatic rings. The minimum absolute atomic E-state index is 0. The second-order valence-corrected chi connectivity index (χ2v) is 14.6. The van der Waals surface area contributed by atoms with E-state index in [2.05, 4.69) is 139 Å². The van der Waals surface area contributed by atoms with Crippen LogP contribution in [0.1, 0.15) is 68.9 Å². The highest BCUT2D eigenvalue weighted by molar-refractivity contribution is 14.0. The van der Waals surface area contributed by atoms with Crippen LogP contribution in [0.25, 0.3) is 21.5 Å². The zero-order valence-electron chi connectivity index (χ0n) is 28.2. The molecule has 1 aliphatic carbocycles. The zero-order chi connectivity index (χ0) is 31.5. The van der Waals surface area contributed by atoms with Crippen molar-refractivity contribution in [2.75, 3.05) is 28.2 Å². The zero-order valence-corrected chi connectivity index (χ0v) is 31.3. The Labute approximate surface area is 297 Å². The molecule has 2 aliphatic heterocycles. The number of halogens is 2. The number of benzene rings is 4. The van der Waals surface area contributed by atoms with E-state index in [-0.39, 0.29) is 24.0 Å². The Morgan fingerprint density at radius 2 is 1.37 bits per heavy atom. The molecule has 0 fully saturated rings. The van der Waals surface area contributed by atoms with Crippen molar-refractivity contribution in [1.82, 2.24) is 8.97 Å². The Morgan fingerprint density at radius 1 is 0.739 bits per heavy atom. The van der Waals surface area contributed by atoms with E-state index in [1.165, 1.54) is 60.9 Å². The van der Waals surface area contributed by atoms with Crippen molar-refractivity contribution in [3.63, 3.8) is 0 Å². The summed E-state index contributed by atoms with van der Waals surface area (Å²) in [4.78, 5) is 0. The highest BCUT2D eigenvalue weighted by atomic mass is 127. The lowest BCUT2D eigenvalue weighted by molar-refractivity contribution is 0.330. The van der Waals surface area contributed by atoms with E-state index in [9.17, 15) is 0 Å². The van der Waals surface area contributed by atoms with E-state index in [1.807, 2.05) is 0 Å². The summed E-state index contributed by atoms with van der Waals surface area (Å²) in [6.45, 7) is 4.67. The van der Waals surface area contributed by atoms with Crippen molar-refractivity contribution in [3.8, 4) is 0 Å². The third-order valence-electron chi connectivity index (χ3n) is 11.3. The first-order chi connectivity index (χ1) is 21.7. The molecule has 0 bridgehead atoms. The van der Waals surface area contributed by atoms with Gasteiger partial charge >= 0.3 is 0 Å². The predicted molar refractivity (Wildman–Crippen MR) is 212 cm³/mol. The topological polar surface area (TPSA) is 0 Å². The maximum atomic E-state index is 7.26. The van der Waals surface area contributed by atoms with Crippen molar-refractivity contribution in [3.05, 3.63) is 130 Å². The Balaban J connectivity index is 0.00000372. The fourth-order valence-corrected chi connectivity index (χ4v) is 9.21. The largest absolute Gasteiger partial charge is 0.290 e. The van der Waals surface area contributed by atoms with Gasteiger partial charge in [-0.25, -0.2) is 0 Å². The van der Waals surface area contributed by atoms with Crippen LogP contribution in [0.15, 0.2) is 119 Å². The minimum Gasteiger partial charge on any atom is -0.290 e. The molecule has 0 saturated carbocycles. The molecule has 3 atom stereocenters. The van der Waals surface area contributed by atoms with Gasteiger partial charge in [0, 0.05) is 34.2 Å². The molecule has 7 rings (SSSR count). The molecule has 4 aromatic carbocycles. The molecule has 46 heavy (non-hydrogen) atoms. The van der Waals surface area contributed by atoms with Gasteiger partial charge in [0.25, 0.3) is 0 Å². The molecular weight excluding hydrogens is 695 g/mol. The number of hydrogen-bond donors (Lipinski definition) is 0. The average Bonchev–Trinajstić information content (AvgIpc) is 3.41. The summed E-state index contributed by atoms with van der Waals surface area (Å²) in [6, 6.07) is 27.4. The van der Waals surface area contributed by atoms with Crippen molar-refractivity contribution in [2.24, 2.45) is 0 Å². The summed E-state index contributed by atoms with van der Waals surface area (Å²) in [5, 5.41) is 6.42. The molecule has 4 heteroatoms. The normalized spacial score (nSPS) is 25.1. The lowest BCUT2D eigenvalue weighted by Crippen LogP contribution is -2.47. The fraction of sp³-hybridized carbons (Fsp3) is 0.333. The molecule has 0 aromatic heterocycles. The molecule has 0 amide bonds. The Hall–Kier alpha value is -2.70. The molecule has 4 aromatic rings. The number of quaternary nitrogens is 2. The van der Waals surface area contributed by atoms with E-state index < -0.39 is 0 Å². The minimum atomic E-state index is 0. The molecule has 0 spiro atoms. The van der Waals surface area contributed by atoms with Gasteiger partial charge in [-0.05, 0) is 89.1 Å². The van der Waals surface area contributed by atoms with Crippen LogP contribution < -0.4 is 8.97 Å². The number of fused-ring (bicyclic) bond motifs is 6. The molecule has 2 heterocycles. The second-order valence-electron chi connectivity index (χ2n) is 14.2. The van der Waals surface area contributed by atoms with Crippen LogP contribution in [-0.2, 0) is 0 Å². The van der Waals surface area contributed by atoms with Gasteiger partial charge in [-0.1, -0.05) is 86.1 Å². The summed E-state index contributed by atoms with van der Waals surface area (Å²) >= 11 is 7.26. The third kappa shape index (κ3) is 5.23. The SMILES string of the molecule is CCC1C(=CC=C2CCCC(C=CC3C(CC)c4c(ccc5ccccc45)[N+]3(C)C)=C2Cl)[N+](C)(C)c2ccc3ccccc3c21.I. The van der Waals surface area contributed by atoms with Crippen LogP contribution >= 0.6 is 35.6 Å². The van der Waals surface area contributed by atoms with Gasteiger partial charge in [-0.3, -0.25) is 8.97 Å². The highest BCUT2D eigenvalue weighted by Gasteiger charge is 2.46. The highest BCUT2D eigenvalue weighted by Crippen LogP contribution is 2.52. The van der Waals surface area contributed by atoms with Crippen molar-refractivity contribution in [1.29, 1.82) is 0 Å². The second kappa shape index (κ2) is 12.7. The van der Waals surface area contributed by atoms with Gasteiger partial charge in [-0.2, -0.15) is 0 Å². The average molecular weight is 743 g/mol. The molecular formula is C42H48ClIN2+2. The maximum Gasteiger partial charge on any atom is 0.141 e. The van der Waals surface area contributed by atoms with E-state index in [4.69, 9.17) is 11.6 Å². The fourth-order valence-electron chi connectivity index (χ4n) is 8.89. The maximum absolute atomic E-state index is 7.26. The smallest absolute Gasteiger partial charge is 0.141 e. The number of rotatable bonds is 5. The monoisotopic (exact) mass is 742 g/mol. The summed E-state index contributed by atoms with van der Waals surface area (Å²) in [5.74, 6) is 0.876. The first kappa shape index (κ1) is 33.2. The first-order valence-electron chi connectivity index (χ1n) is 16.9. The number of likely N-dealkylation sites (N-methyl/N-ethyl adjacent to an activating group) is 2. The van der Waals surface area contributed by atoms with E-state index in [1.54, 1.807) is 0 Å². The van der Waals surface area contributed by atoms with Crippen molar-refractivity contribution < 1.29 is 0 Å². The number of allylic oxidation sites excluding steroid dienone is 7. The van der Waals surface area contributed by atoms with Gasteiger partial charge in [0.05, 0.1) is 34.1 Å². The molecule has 2 nitrogen and oxygen atoms in total. The number of hydrogen-bond acceptors (Lipinski definition) is 0. The lowest BCUT2D eigenvalue weighted by atomic mass is 9.87. The molecule has 3 unspecified atom stereocenters. The van der Waals surface area contributed by atoms with Crippen LogP contribution in [0.5, 0.6) is 0 Å². The Morgan fingerprint density at radius 3 is 2.02 bits per heavy atom. The van der Waals surface area contributed by atoms with Gasteiger partial charge in [0.15, 0.2) is 0 Å². The standard InChI is InChI=1S/C42H47ClN2.HI/c1-7-32-36(44(3,4)38-26-20-28-14-9-11-18-34(28)40(32)38)24-22-30-16-13-17-31(42(30)43)23-25-37-33(8-2)41-35-19-12-10-15-29(35)21-27-39(41)45(37,5)6;/h9-12,14-15,18-27,32-33,36H,7-8,13,16-17H2,1-6H3;1H/q+2;. The van der Waals surface area contributed by atoms with Gasteiger partial charge in [0.1, 0.15) is 23.1 Å². The van der Waals surface area contributed by atoms with Crippen molar-refractivity contribution >= 4 is 68.5 Å². The van der Waals surface area contributed by atoms with Gasteiger partial charge in [0.2, 0.25) is 0 Å². The summed E-state index contributed by atoms with van der Waals surface area (Å²) in [6.07, 6.45) is 15.0. The molecule has 0 radical (unpaired) electrons. The van der Waals surface area contributed by atoms with Crippen LogP contribution in [0.3, 0.4) is 0 Å². The summed E-state index contributed by atoms with van der Waals surface area (Å²) < 4.78 is 1.66. The quantitative estimate of drug-likeness (QED) is 0.141. The van der Waals surface area contributed by atoms with Crippen molar-refractivity contribution in [2.45, 2.75) is 63.8 Å². The molecule has 238 valence electrons. The summed E-state index contributed by atoms with van der Waals surface area (Å²) in [7, 11) is 9.43. The first-order valence-corrected chi connectivity index (χ1v) is 17.3. The van der Waals surface area contributed by atoms with Crippen LogP contribution in [0.2, 0.25) is 0 Å². The van der Waals surface area contributed by atoms with Gasteiger partial charge in [-0.15, -0.1) is 24.0 Å². The van der Waals surface area contributed by atoms with Crippen LogP contribution in [-0.4, -0.2) is 34.2 Å². The Kier molecular flexibility index (Phi) is 9.19. The van der Waals surface area contributed by atoms with E-state index in [0.29, 0.717) is 17.9 Å². The van der Waals surface area contributed by atoms with E-state index in [0.717, 1.165) is 46.1 Å². The molecule has 0 N–H and O–H groups in total. The number of nitrogens with zero attached hydrogens (tertiary/aromatic N) is 2. The Bertz CT molecular complexity index is 1940. The lowest BCUT2D eigenvalue weighted by Gasteiger charge is -2.32. The van der Waals surface area contributed by atoms with Gasteiger partial charge < -0.3 is 0 Å². The van der Waals surface area contributed by atoms with Crippen LogP contribution in [0, 0.1) is 0 Å². The van der Waals surface area contributed by atoms with Crippen LogP contribution in [0.4, 0.5) is 11.4 Å². The summed E-state index contributed by atoms with van der Waals surface area (Å²) in [5.41, 5.74) is 9.89. The molecule has 0 saturated heterocycles.